The fraction of sp³-hybridized carbons (Fsp3) is 0.118. The number of hydrogen-bond donors (Lipinski definition) is 2. The van der Waals surface area contributed by atoms with Gasteiger partial charge in [-0.2, -0.15) is 5.10 Å². The summed E-state index contributed by atoms with van der Waals surface area (Å²) in [7, 11) is 1.91. The number of fused-ring (bicyclic) bond motifs is 1. The molecule has 3 aromatic heterocycles. The van der Waals surface area contributed by atoms with Crippen LogP contribution in [0.4, 0.5) is 0 Å². The summed E-state index contributed by atoms with van der Waals surface area (Å²) in [5, 5.41) is 14.6. The topological polar surface area (TPSA) is 88.7 Å². The second-order valence-corrected chi connectivity index (χ2v) is 5.56. The third kappa shape index (κ3) is 2.56. The highest BCUT2D eigenvalue weighted by Crippen LogP contribution is 2.20. The van der Waals surface area contributed by atoms with Gasteiger partial charge in [-0.1, -0.05) is 17.3 Å². The van der Waals surface area contributed by atoms with Crippen molar-refractivity contribution in [1.29, 1.82) is 0 Å². The lowest BCUT2D eigenvalue weighted by molar-refractivity contribution is 0.0942. The van der Waals surface area contributed by atoms with Crippen molar-refractivity contribution in [3.05, 3.63) is 60.0 Å². The van der Waals surface area contributed by atoms with Gasteiger partial charge in [0.1, 0.15) is 0 Å². The monoisotopic (exact) mass is 321 g/mol. The van der Waals surface area contributed by atoms with Crippen LogP contribution >= 0.6 is 0 Å². The van der Waals surface area contributed by atoms with Crippen molar-refractivity contribution < 1.29 is 9.32 Å². The molecule has 0 saturated carbocycles. The molecular formula is C17H15N5O2. The molecule has 7 nitrogen and oxygen atoms in total. The van der Waals surface area contributed by atoms with Gasteiger partial charge in [-0.05, 0) is 23.8 Å². The maximum absolute atomic E-state index is 12.2. The standard InChI is InChI=1S/C17H15N5O2/c1-22-6-2-3-15(22)16-8-14(21-24-16)17(23)18-9-11-4-5-12-10-19-20-13(12)7-11/h2-8,10H,9H2,1H3,(H,18,23)(H,19,20). The van der Waals surface area contributed by atoms with E-state index >= 15 is 0 Å². The van der Waals surface area contributed by atoms with Crippen LogP contribution in [-0.2, 0) is 13.6 Å². The fourth-order valence-corrected chi connectivity index (χ4v) is 2.59. The summed E-state index contributed by atoms with van der Waals surface area (Å²) in [5.41, 5.74) is 3.04. The van der Waals surface area contributed by atoms with Crippen LogP contribution in [0, 0.1) is 0 Å². The Kier molecular flexibility index (Phi) is 3.38. The molecule has 0 aliphatic heterocycles. The SMILES string of the molecule is Cn1cccc1-c1cc(C(=O)NCc2ccc3cn[nH]c3c2)no1. The van der Waals surface area contributed by atoms with Crippen LogP contribution in [0.3, 0.4) is 0 Å². The first-order valence-electron chi connectivity index (χ1n) is 7.49. The van der Waals surface area contributed by atoms with E-state index in [-0.39, 0.29) is 11.6 Å². The molecule has 24 heavy (non-hydrogen) atoms. The zero-order chi connectivity index (χ0) is 16.5. The van der Waals surface area contributed by atoms with Gasteiger partial charge in [0.05, 0.1) is 17.4 Å². The third-order valence-electron chi connectivity index (χ3n) is 3.90. The Labute approximate surface area is 137 Å². The Morgan fingerprint density at radius 1 is 1.33 bits per heavy atom. The minimum atomic E-state index is -0.274. The van der Waals surface area contributed by atoms with Gasteiger partial charge < -0.3 is 14.4 Å². The van der Waals surface area contributed by atoms with Crippen LogP contribution < -0.4 is 5.32 Å². The second kappa shape index (κ2) is 5.69. The van der Waals surface area contributed by atoms with E-state index in [4.69, 9.17) is 4.52 Å². The van der Waals surface area contributed by atoms with E-state index in [1.807, 2.05) is 48.1 Å². The molecule has 0 spiro atoms. The van der Waals surface area contributed by atoms with Crippen molar-refractivity contribution in [2.24, 2.45) is 7.05 Å². The molecule has 0 aliphatic rings. The second-order valence-electron chi connectivity index (χ2n) is 5.56. The fourth-order valence-electron chi connectivity index (χ4n) is 2.59. The van der Waals surface area contributed by atoms with Gasteiger partial charge in [0.15, 0.2) is 11.5 Å². The summed E-state index contributed by atoms with van der Waals surface area (Å²) in [4.78, 5) is 12.2. The summed E-state index contributed by atoms with van der Waals surface area (Å²) in [6.45, 7) is 0.403. The van der Waals surface area contributed by atoms with E-state index in [0.717, 1.165) is 22.2 Å². The van der Waals surface area contributed by atoms with Crippen LogP contribution in [0.5, 0.6) is 0 Å². The lowest BCUT2D eigenvalue weighted by atomic mass is 10.1. The largest absolute Gasteiger partial charge is 0.354 e. The van der Waals surface area contributed by atoms with E-state index in [2.05, 4.69) is 20.7 Å². The van der Waals surface area contributed by atoms with Gasteiger partial charge in [-0.15, -0.1) is 0 Å². The van der Waals surface area contributed by atoms with E-state index in [1.54, 1.807) is 12.3 Å². The number of carbonyl (C=O) groups is 1. The Balaban J connectivity index is 1.46. The van der Waals surface area contributed by atoms with E-state index in [9.17, 15) is 4.79 Å². The number of nitrogens with zero attached hydrogens (tertiary/aromatic N) is 3. The number of nitrogens with one attached hydrogen (secondary N) is 2. The molecule has 120 valence electrons. The van der Waals surface area contributed by atoms with Gasteiger partial charge in [0, 0.05) is 31.2 Å². The minimum Gasteiger partial charge on any atom is -0.354 e. The van der Waals surface area contributed by atoms with Crippen molar-refractivity contribution in [3.63, 3.8) is 0 Å². The summed E-state index contributed by atoms with van der Waals surface area (Å²) < 4.78 is 7.17. The van der Waals surface area contributed by atoms with Crippen LogP contribution in [0.1, 0.15) is 16.1 Å². The zero-order valence-corrected chi connectivity index (χ0v) is 13.0. The first-order chi connectivity index (χ1) is 11.7. The molecule has 0 atom stereocenters. The molecule has 0 fully saturated rings. The zero-order valence-electron chi connectivity index (χ0n) is 13.0. The summed E-state index contributed by atoms with van der Waals surface area (Å²) in [5.74, 6) is 0.287. The normalized spacial score (nSPS) is 11.0. The number of carbonyl (C=O) groups excluding carboxylic acids is 1. The van der Waals surface area contributed by atoms with Crippen molar-refractivity contribution >= 4 is 16.8 Å². The number of hydrogen-bond acceptors (Lipinski definition) is 4. The highest BCUT2D eigenvalue weighted by molar-refractivity contribution is 5.93. The average Bonchev–Trinajstić information content (AvgIpc) is 3.31. The number of aromatic nitrogens is 4. The predicted molar refractivity (Wildman–Crippen MR) is 88.2 cm³/mol. The molecule has 7 heteroatoms. The average molecular weight is 321 g/mol. The molecule has 4 aromatic rings. The van der Waals surface area contributed by atoms with E-state index < -0.39 is 0 Å². The third-order valence-corrected chi connectivity index (χ3v) is 3.90. The predicted octanol–water partition coefficient (Wildman–Crippen LogP) is 2.49. The number of amides is 1. The summed E-state index contributed by atoms with van der Waals surface area (Å²) in [6.07, 6.45) is 3.67. The lowest BCUT2D eigenvalue weighted by Crippen LogP contribution is -2.23. The summed E-state index contributed by atoms with van der Waals surface area (Å²) >= 11 is 0. The number of aromatic amines is 1. The molecule has 4 rings (SSSR count). The minimum absolute atomic E-state index is 0.258. The Hall–Kier alpha value is -3.35. The molecule has 0 saturated heterocycles. The molecule has 1 amide bonds. The first-order valence-corrected chi connectivity index (χ1v) is 7.49. The number of benzene rings is 1. The van der Waals surface area contributed by atoms with E-state index in [1.165, 1.54) is 0 Å². The molecule has 0 radical (unpaired) electrons. The molecular weight excluding hydrogens is 306 g/mol. The van der Waals surface area contributed by atoms with Crippen molar-refractivity contribution in [3.8, 4) is 11.5 Å². The summed E-state index contributed by atoms with van der Waals surface area (Å²) in [6, 6.07) is 11.3. The Morgan fingerprint density at radius 3 is 3.08 bits per heavy atom. The Morgan fingerprint density at radius 2 is 2.25 bits per heavy atom. The van der Waals surface area contributed by atoms with Gasteiger partial charge in [-0.25, -0.2) is 0 Å². The Bertz CT molecular complexity index is 1010. The van der Waals surface area contributed by atoms with Crippen molar-refractivity contribution in [2.45, 2.75) is 6.54 Å². The quantitative estimate of drug-likeness (QED) is 0.604. The van der Waals surface area contributed by atoms with Crippen LogP contribution in [0.2, 0.25) is 0 Å². The molecule has 0 unspecified atom stereocenters. The van der Waals surface area contributed by atoms with Crippen LogP contribution in [0.25, 0.3) is 22.4 Å². The number of rotatable bonds is 4. The van der Waals surface area contributed by atoms with Crippen molar-refractivity contribution in [1.82, 2.24) is 25.2 Å². The number of aryl methyl sites for hydroxylation is 1. The van der Waals surface area contributed by atoms with Gasteiger partial charge in [-0.3, -0.25) is 9.89 Å². The molecule has 3 heterocycles. The van der Waals surface area contributed by atoms with Crippen LogP contribution in [0.15, 0.2) is 53.3 Å². The van der Waals surface area contributed by atoms with Gasteiger partial charge >= 0.3 is 0 Å². The van der Waals surface area contributed by atoms with Crippen molar-refractivity contribution in [2.75, 3.05) is 0 Å². The maximum atomic E-state index is 12.2. The number of H-pyrrole nitrogens is 1. The highest BCUT2D eigenvalue weighted by atomic mass is 16.5. The van der Waals surface area contributed by atoms with Gasteiger partial charge in [0.25, 0.3) is 5.91 Å². The molecule has 2 N–H and O–H groups in total. The smallest absolute Gasteiger partial charge is 0.273 e. The first kappa shape index (κ1) is 14.3. The molecule has 1 aromatic carbocycles. The molecule has 0 aliphatic carbocycles. The molecule has 0 bridgehead atoms. The maximum Gasteiger partial charge on any atom is 0.273 e. The van der Waals surface area contributed by atoms with Crippen LogP contribution in [-0.4, -0.2) is 25.8 Å². The van der Waals surface area contributed by atoms with E-state index in [0.29, 0.717) is 12.3 Å². The highest BCUT2D eigenvalue weighted by Gasteiger charge is 2.15. The lowest BCUT2D eigenvalue weighted by Gasteiger charge is -2.03. The van der Waals surface area contributed by atoms with Gasteiger partial charge in [0.2, 0.25) is 0 Å².